The number of aryl methyl sites for hydroxylation is 1. The normalized spacial score (nSPS) is 10.4. The zero-order valence-corrected chi connectivity index (χ0v) is 14.6. The SMILES string of the molecule is Cc1ccc(Cn2cccc(C(=O)Nc3cccc([N+](=O)[O-])c3)c2=O)cc1. The molecule has 1 aromatic heterocycles. The van der Waals surface area contributed by atoms with Crippen molar-refractivity contribution >= 4 is 17.3 Å². The van der Waals surface area contributed by atoms with Crippen LogP contribution in [0.4, 0.5) is 11.4 Å². The first-order chi connectivity index (χ1) is 12.9. The van der Waals surface area contributed by atoms with Gasteiger partial charge in [-0.1, -0.05) is 35.9 Å². The van der Waals surface area contributed by atoms with Crippen LogP contribution in [0.3, 0.4) is 0 Å². The molecule has 0 radical (unpaired) electrons. The summed E-state index contributed by atoms with van der Waals surface area (Å²) in [7, 11) is 0. The number of hydrogen-bond donors (Lipinski definition) is 1. The van der Waals surface area contributed by atoms with E-state index >= 15 is 0 Å². The monoisotopic (exact) mass is 363 g/mol. The van der Waals surface area contributed by atoms with E-state index in [2.05, 4.69) is 5.32 Å². The fraction of sp³-hybridized carbons (Fsp3) is 0.100. The largest absolute Gasteiger partial charge is 0.322 e. The van der Waals surface area contributed by atoms with Crippen molar-refractivity contribution in [3.05, 3.63) is 104 Å². The lowest BCUT2D eigenvalue weighted by Gasteiger charge is -2.09. The lowest BCUT2D eigenvalue weighted by molar-refractivity contribution is -0.384. The first kappa shape index (κ1) is 18.1. The minimum Gasteiger partial charge on any atom is -0.322 e. The summed E-state index contributed by atoms with van der Waals surface area (Å²) < 4.78 is 1.45. The Morgan fingerprint density at radius 3 is 2.56 bits per heavy atom. The zero-order valence-electron chi connectivity index (χ0n) is 14.6. The summed E-state index contributed by atoms with van der Waals surface area (Å²) >= 11 is 0. The number of amides is 1. The number of nitrogens with zero attached hydrogens (tertiary/aromatic N) is 2. The Kier molecular flexibility index (Phi) is 5.12. The summed E-state index contributed by atoms with van der Waals surface area (Å²) in [5, 5.41) is 13.4. The molecule has 27 heavy (non-hydrogen) atoms. The molecule has 0 saturated carbocycles. The fourth-order valence-electron chi connectivity index (χ4n) is 2.62. The van der Waals surface area contributed by atoms with Gasteiger partial charge in [-0.05, 0) is 30.7 Å². The number of pyridine rings is 1. The summed E-state index contributed by atoms with van der Waals surface area (Å²) in [6, 6.07) is 16.4. The number of benzene rings is 2. The molecule has 1 amide bonds. The van der Waals surface area contributed by atoms with Gasteiger partial charge in [0.1, 0.15) is 5.56 Å². The van der Waals surface area contributed by atoms with E-state index in [9.17, 15) is 19.7 Å². The summed E-state index contributed by atoms with van der Waals surface area (Å²) in [4.78, 5) is 35.4. The highest BCUT2D eigenvalue weighted by Gasteiger charge is 2.14. The van der Waals surface area contributed by atoms with Gasteiger partial charge in [-0.15, -0.1) is 0 Å². The minimum absolute atomic E-state index is 0.0314. The molecule has 0 spiro atoms. The van der Waals surface area contributed by atoms with Gasteiger partial charge < -0.3 is 9.88 Å². The summed E-state index contributed by atoms with van der Waals surface area (Å²) in [5.74, 6) is -0.612. The van der Waals surface area contributed by atoms with Crippen LogP contribution in [0.5, 0.6) is 0 Å². The van der Waals surface area contributed by atoms with E-state index in [1.807, 2.05) is 31.2 Å². The van der Waals surface area contributed by atoms with Gasteiger partial charge in [0, 0.05) is 24.0 Å². The van der Waals surface area contributed by atoms with Gasteiger partial charge in [-0.2, -0.15) is 0 Å². The van der Waals surface area contributed by atoms with Crippen molar-refractivity contribution in [2.24, 2.45) is 0 Å². The predicted molar refractivity (Wildman–Crippen MR) is 102 cm³/mol. The van der Waals surface area contributed by atoms with Crippen molar-refractivity contribution < 1.29 is 9.72 Å². The van der Waals surface area contributed by atoms with Crippen LogP contribution < -0.4 is 10.9 Å². The molecule has 0 bridgehead atoms. The van der Waals surface area contributed by atoms with Gasteiger partial charge in [-0.3, -0.25) is 19.7 Å². The first-order valence-corrected chi connectivity index (χ1v) is 8.25. The number of carbonyl (C=O) groups is 1. The molecule has 1 N–H and O–H groups in total. The van der Waals surface area contributed by atoms with Gasteiger partial charge in [-0.25, -0.2) is 0 Å². The van der Waals surface area contributed by atoms with Gasteiger partial charge in [0.05, 0.1) is 11.5 Å². The molecule has 136 valence electrons. The number of anilines is 1. The number of nitrogens with one attached hydrogen (secondary N) is 1. The van der Waals surface area contributed by atoms with Crippen LogP contribution in [0.1, 0.15) is 21.5 Å². The lowest BCUT2D eigenvalue weighted by atomic mass is 10.1. The molecule has 3 aromatic rings. The fourth-order valence-corrected chi connectivity index (χ4v) is 2.62. The van der Waals surface area contributed by atoms with E-state index in [4.69, 9.17) is 0 Å². The van der Waals surface area contributed by atoms with Gasteiger partial charge in [0.25, 0.3) is 17.2 Å². The molecule has 0 aliphatic heterocycles. The van der Waals surface area contributed by atoms with Gasteiger partial charge in [0.2, 0.25) is 0 Å². The zero-order chi connectivity index (χ0) is 19.4. The molecule has 1 heterocycles. The van der Waals surface area contributed by atoms with Crippen molar-refractivity contribution in [3.63, 3.8) is 0 Å². The summed E-state index contributed by atoms with van der Waals surface area (Å²) in [6.45, 7) is 2.33. The van der Waals surface area contributed by atoms with E-state index in [0.717, 1.165) is 11.1 Å². The predicted octanol–water partition coefficient (Wildman–Crippen LogP) is 3.37. The molecule has 2 aromatic carbocycles. The third kappa shape index (κ3) is 4.27. The molecule has 0 fully saturated rings. The van der Waals surface area contributed by atoms with Crippen LogP contribution in [0.25, 0.3) is 0 Å². The Bertz CT molecular complexity index is 1060. The summed E-state index contributed by atoms with van der Waals surface area (Å²) in [5.41, 5.74) is 1.72. The third-order valence-electron chi connectivity index (χ3n) is 4.05. The van der Waals surface area contributed by atoms with E-state index in [0.29, 0.717) is 6.54 Å². The standard InChI is InChI=1S/C20H17N3O4/c1-14-7-9-15(10-8-14)13-22-11-3-6-18(20(22)25)19(24)21-16-4-2-5-17(12-16)23(26)27/h2-12H,13H2,1H3,(H,21,24). The van der Waals surface area contributed by atoms with Crippen molar-refractivity contribution in [2.45, 2.75) is 13.5 Å². The Morgan fingerprint density at radius 1 is 1.11 bits per heavy atom. The van der Waals surface area contributed by atoms with Crippen molar-refractivity contribution in [1.82, 2.24) is 4.57 Å². The maximum Gasteiger partial charge on any atom is 0.271 e. The Hall–Kier alpha value is -3.74. The van der Waals surface area contributed by atoms with Crippen LogP contribution in [0.15, 0.2) is 71.7 Å². The molecule has 3 rings (SSSR count). The van der Waals surface area contributed by atoms with E-state index < -0.39 is 16.4 Å². The second kappa shape index (κ2) is 7.65. The molecule has 0 saturated heterocycles. The number of carbonyl (C=O) groups excluding carboxylic acids is 1. The molecule has 7 nitrogen and oxygen atoms in total. The number of rotatable bonds is 5. The molecule has 0 aliphatic rings. The van der Waals surface area contributed by atoms with Crippen LogP contribution in [0.2, 0.25) is 0 Å². The van der Waals surface area contributed by atoms with Crippen LogP contribution in [0, 0.1) is 17.0 Å². The quantitative estimate of drug-likeness (QED) is 0.555. The Labute approximate surface area is 155 Å². The first-order valence-electron chi connectivity index (χ1n) is 8.25. The average molecular weight is 363 g/mol. The molecule has 0 aliphatic carbocycles. The van der Waals surface area contributed by atoms with E-state index in [1.54, 1.807) is 12.3 Å². The highest BCUT2D eigenvalue weighted by atomic mass is 16.6. The Morgan fingerprint density at radius 2 is 1.85 bits per heavy atom. The number of non-ortho nitro benzene ring substituents is 1. The van der Waals surface area contributed by atoms with Crippen LogP contribution in [-0.4, -0.2) is 15.4 Å². The van der Waals surface area contributed by atoms with E-state index in [-0.39, 0.29) is 16.9 Å². The van der Waals surface area contributed by atoms with Crippen LogP contribution >= 0.6 is 0 Å². The van der Waals surface area contributed by atoms with Crippen molar-refractivity contribution in [3.8, 4) is 0 Å². The number of hydrogen-bond acceptors (Lipinski definition) is 4. The lowest BCUT2D eigenvalue weighted by Crippen LogP contribution is -2.29. The third-order valence-corrected chi connectivity index (χ3v) is 4.05. The molecule has 0 unspecified atom stereocenters. The number of nitro groups is 1. The average Bonchev–Trinajstić information content (AvgIpc) is 2.65. The van der Waals surface area contributed by atoms with E-state index in [1.165, 1.54) is 34.9 Å². The minimum atomic E-state index is -0.612. The molecular formula is C20H17N3O4. The highest BCUT2D eigenvalue weighted by molar-refractivity contribution is 6.04. The Balaban J connectivity index is 1.83. The van der Waals surface area contributed by atoms with Crippen LogP contribution in [-0.2, 0) is 6.54 Å². The van der Waals surface area contributed by atoms with Crippen molar-refractivity contribution in [2.75, 3.05) is 5.32 Å². The topological polar surface area (TPSA) is 94.2 Å². The van der Waals surface area contributed by atoms with Gasteiger partial charge >= 0.3 is 0 Å². The highest BCUT2D eigenvalue weighted by Crippen LogP contribution is 2.17. The van der Waals surface area contributed by atoms with Crippen molar-refractivity contribution in [1.29, 1.82) is 0 Å². The second-order valence-electron chi connectivity index (χ2n) is 6.10. The molecule has 0 atom stereocenters. The second-order valence-corrected chi connectivity index (χ2v) is 6.10. The number of nitro benzene ring substituents is 1. The smallest absolute Gasteiger partial charge is 0.271 e. The molecular weight excluding hydrogens is 346 g/mol. The maximum absolute atomic E-state index is 12.6. The molecule has 7 heteroatoms. The number of aromatic nitrogens is 1. The van der Waals surface area contributed by atoms with Gasteiger partial charge in [0.15, 0.2) is 0 Å². The summed E-state index contributed by atoms with van der Waals surface area (Å²) in [6.07, 6.45) is 1.62. The maximum atomic E-state index is 12.6.